The lowest BCUT2D eigenvalue weighted by molar-refractivity contribution is -0.137. The molecule has 0 aliphatic heterocycles. The second-order valence-corrected chi connectivity index (χ2v) is 9.03. The van der Waals surface area contributed by atoms with Crippen LogP contribution in [-0.4, -0.2) is 33.5 Å². The maximum Gasteiger partial charge on any atom is 0.303 e. The molecule has 1 amide bonds. The molecule has 1 aromatic heterocycles. The number of carboxylic acid groups (broad SMARTS) is 1. The van der Waals surface area contributed by atoms with Crippen molar-refractivity contribution in [2.45, 2.75) is 38.1 Å². The van der Waals surface area contributed by atoms with Gasteiger partial charge < -0.3 is 15.7 Å². The quantitative estimate of drug-likeness (QED) is 0.293. The average Bonchev–Trinajstić information content (AvgIpc) is 2.91. The summed E-state index contributed by atoms with van der Waals surface area (Å²) in [6.07, 6.45) is 3.54. The van der Waals surface area contributed by atoms with E-state index in [9.17, 15) is 9.59 Å². The molecule has 7 heteroatoms. The van der Waals surface area contributed by atoms with Crippen LogP contribution in [0.3, 0.4) is 0 Å². The van der Waals surface area contributed by atoms with Crippen molar-refractivity contribution in [3.8, 4) is 11.3 Å². The monoisotopic (exact) mass is 480 g/mol. The molecule has 1 atom stereocenters. The summed E-state index contributed by atoms with van der Waals surface area (Å²) in [4.78, 5) is 33.7. The normalized spacial score (nSPS) is 14.7. The van der Waals surface area contributed by atoms with Crippen molar-refractivity contribution < 1.29 is 14.7 Å². The molecule has 36 heavy (non-hydrogen) atoms. The fraction of sp³-hybridized carbons (Fsp3) is 0.241. The Hall–Kier alpha value is -4.26. The van der Waals surface area contributed by atoms with Gasteiger partial charge in [-0.15, -0.1) is 0 Å². The van der Waals surface area contributed by atoms with E-state index >= 15 is 0 Å². The highest BCUT2D eigenvalue weighted by Gasteiger charge is 2.22. The number of aromatic nitrogens is 2. The van der Waals surface area contributed by atoms with Crippen LogP contribution in [0.25, 0.3) is 22.3 Å². The zero-order valence-electron chi connectivity index (χ0n) is 19.9. The number of aryl methyl sites for hydroxylation is 1. The number of aliphatic carboxylic acids is 1. The second-order valence-electron chi connectivity index (χ2n) is 9.03. The molecule has 0 unspecified atom stereocenters. The van der Waals surface area contributed by atoms with E-state index in [-0.39, 0.29) is 18.4 Å². The van der Waals surface area contributed by atoms with E-state index < -0.39 is 5.97 Å². The number of nitrogens with one attached hydrogen (secondary N) is 2. The molecule has 0 bridgehead atoms. The van der Waals surface area contributed by atoms with Crippen LogP contribution in [-0.2, 0) is 11.2 Å². The highest BCUT2D eigenvalue weighted by atomic mass is 16.4. The number of nitrogens with zero attached hydrogens (tertiary/aromatic N) is 2. The van der Waals surface area contributed by atoms with Gasteiger partial charge in [0.1, 0.15) is 5.69 Å². The lowest BCUT2D eigenvalue weighted by Crippen LogP contribution is -2.31. The Labute approximate surface area is 209 Å². The summed E-state index contributed by atoms with van der Waals surface area (Å²) in [6.45, 7) is 0.452. The molecule has 0 saturated heterocycles. The molecule has 4 aromatic rings. The topological polar surface area (TPSA) is 104 Å². The summed E-state index contributed by atoms with van der Waals surface area (Å²) >= 11 is 0. The summed E-state index contributed by atoms with van der Waals surface area (Å²) in [5.74, 6) is -0.401. The van der Waals surface area contributed by atoms with Crippen molar-refractivity contribution in [2.24, 2.45) is 0 Å². The maximum atomic E-state index is 13.2. The summed E-state index contributed by atoms with van der Waals surface area (Å²) in [7, 11) is 0. The zero-order valence-corrected chi connectivity index (χ0v) is 19.9. The van der Waals surface area contributed by atoms with Gasteiger partial charge in [-0.2, -0.15) is 0 Å². The Kier molecular flexibility index (Phi) is 6.89. The smallest absolute Gasteiger partial charge is 0.303 e. The minimum atomic E-state index is -0.832. The van der Waals surface area contributed by atoms with Gasteiger partial charge in [0.15, 0.2) is 5.82 Å². The summed E-state index contributed by atoms with van der Waals surface area (Å²) in [6, 6.07) is 23.4. The van der Waals surface area contributed by atoms with Gasteiger partial charge in [0.25, 0.3) is 5.91 Å². The molecular weight excluding hydrogens is 452 g/mol. The summed E-state index contributed by atoms with van der Waals surface area (Å²) in [5.41, 5.74) is 5.91. The Bertz CT molecular complexity index is 1400. The molecule has 1 aliphatic carbocycles. The molecule has 3 N–H and O–H groups in total. The highest BCUT2D eigenvalue weighted by Crippen LogP contribution is 2.30. The predicted molar refractivity (Wildman–Crippen MR) is 140 cm³/mol. The van der Waals surface area contributed by atoms with Crippen LogP contribution in [0.1, 0.15) is 53.2 Å². The minimum Gasteiger partial charge on any atom is -0.481 e. The molecule has 1 heterocycles. The van der Waals surface area contributed by atoms with E-state index in [1.165, 1.54) is 11.1 Å². The SMILES string of the molecule is O=C(O)CCCNc1nc2cc(C(=O)N[C@@H]3CCCc4ccccc43)ccc2nc1-c1ccccc1. The second kappa shape index (κ2) is 10.6. The highest BCUT2D eigenvalue weighted by molar-refractivity contribution is 5.98. The lowest BCUT2D eigenvalue weighted by Gasteiger charge is -2.26. The largest absolute Gasteiger partial charge is 0.481 e. The minimum absolute atomic E-state index is 0.00356. The molecule has 1 aliphatic rings. The fourth-order valence-corrected chi connectivity index (χ4v) is 4.71. The van der Waals surface area contributed by atoms with Crippen molar-refractivity contribution in [1.82, 2.24) is 15.3 Å². The van der Waals surface area contributed by atoms with E-state index in [4.69, 9.17) is 15.1 Å². The fourth-order valence-electron chi connectivity index (χ4n) is 4.71. The zero-order chi connectivity index (χ0) is 24.9. The third-order valence-corrected chi connectivity index (χ3v) is 6.51. The van der Waals surface area contributed by atoms with Crippen LogP contribution in [0.4, 0.5) is 5.82 Å². The number of rotatable bonds is 8. The third kappa shape index (κ3) is 5.20. The number of fused-ring (bicyclic) bond motifs is 2. The number of hydrogen-bond donors (Lipinski definition) is 3. The number of anilines is 1. The number of hydrogen-bond acceptors (Lipinski definition) is 5. The Morgan fingerprint density at radius 1 is 0.944 bits per heavy atom. The Morgan fingerprint density at radius 2 is 1.75 bits per heavy atom. The van der Waals surface area contributed by atoms with Crippen molar-refractivity contribution in [3.05, 3.63) is 89.5 Å². The van der Waals surface area contributed by atoms with Gasteiger partial charge in [0.2, 0.25) is 0 Å². The first kappa shape index (κ1) is 23.5. The van der Waals surface area contributed by atoms with Crippen LogP contribution in [0.5, 0.6) is 0 Å². The summed E-state index contributed by atoms with van der Waals surface area (Å²) < 4.78 is 0. The van der Waals surface area contributed by atoms with Crippen molar-refractivity contribution in [1.29, 1.82) is 0 Å². The summed E-state index contributed by atoms with van der Waals surface area (Å²) in [5, 5.41) is 15.4. The first-order valence-electron chi connectivity index (χ1n) is 12.3. The number of amides is 1. The van der Waals surface area contributed by atoms with Crippen molar-refractivity contribution in [3.63, 3.8) is 0 Å². The Morgan fingerprint density at radius 3 is 2.58 bits per heavy atom. The number of carbonyl (C=O) groups excluding carboxylic acids is 1. The number of carbonyl (C=O) groups is 2. The number of carboxylic acids is 1. The van der Waals surface area contributed by atoms with Crippen LogP contribution >= 0.6 is 0 Å². The molecule has 0 spiro atoms. The van der Waals surface area contributed by atoms with Crippen LogP contribution in [0.2, 0.25) is 0 Å². The number of benzene rings is 3. The molecule has 7 nitrogen and oxygen atoms in total. The van der Waals surface area contributed by atoms with E-state index in [0.717, 1.165) is 24.8 Å². The first-order valence-corrected chi connectivity index (χ1v) is 12.3. The van der Waals surface area contributed by atoms with Gasteiger partial charge in [-0.3, -0.25) is 9.59 Å². The van der Waals surface area contributed by atoms with E-state index in [1.54, 1.807) is 12.1 Å². The average molecular weight is 481 g/mol. The van der Waals surface area contributed by atoms with Crippen LogP contribution in [0, 0.1) is 0 Å². The van der Waals surface area contributed by atoms with Crippen LogP contribution < -0.4 is 10.6 Å². The standard InChI is InChI=1S/C29H28N4O3/c34-26(35)14-7-17-30-28-27(20-9-2-1-3-10-20)31-24-16-15-21(18-25(24)32-28)29(36)33-23-13-6-11-19-8-4-5-12-22(19)23/h1-5,8-10,12,15-16,18,23H,6-7,11,13-14,17H2,(H,30,32)(H,33,36)(H,34,35)/t23-/m1/s1. The van der Waals surface area contributed by atoms with Gasteiger partial charge in [-0.25, -0.2) is 9.97 Å². The molecule has 0 fully saturated rings. The third-order valence-electron chi connectivity index (χ3n) is 6.51. The molecule has 3 aromatic carbocycles. The van der Waals surface area contributed by atoms with Gasteiger partial charge >= 0.3 is 5.97 Å². The van der Waals surface area contributed by atoms with Crippen LogP contribution in [0.15, 0.2) is 72.8 Å². The lowest BCUT2D eigenvalue weighted by atomic mass is 9.87. The molecule has 0 saturated carbocycles. The predicted octanol–water partition coefficient (Wildman–Crippen LogP) is 5.38. The van der Waals surface area contributed by atoms with E-state index in [2.05, 4.69) is 22.8 Å². The molecule has 5 rings (SSSR count). The Balaban J connectivity index is 1.42. The van der Waals surface area contributed by atoms with Gasteiger partial charge in [-0.1, -0.05) is 54.6 Å². The first-order chi connectivity index (χ1) is 17.6. The van der Waals surface area contributed by atoms with E-state index in [0.29, 0.717) is 41.1 Å². The van der Waals surface area contributed by atoms with Crippen molar-refractivity contribution in [2.75, 3.05) is 11.9 Å². The molecule has 182 valence electrons. The molecular formula is C29H28N4O3. The van der Waals surface area contributed by atoms with E-state index in [1.807, 2.05) is 48.5 Å². The van der Waals surface area contributed by atoms with Gasteiger partial charge in [0.05, 0.1) is 17.1 Å². The maximum absolute atomic E-state index is 13.2. The molecule has 0 radical (unpaired) electrons. The van der Waals surface area contributed by atoms with Crippen molar-refractivity contribution >= 4 is 28.7 Å². The van der Waals surface area contributed by atoms with Gasteiger partial charge in [-0.05, 0) is 55.0 Å². The van der Waals surface area contributed by atoms with Gasteiger partial charge in [0, 0.05) is 24.1 Å².